The third kappa shape index (κ3) is 5.67. The number of anilines is 2. The Balaban J connectivity index is 1.52. The minimum Gasteiger partial charge on any atom is -0.378 e. The van der Waals surface area contributed by atoms with Crippen molar-refractivity contribution in [3.63, 3.8) is 0 Å². The highest BCUT2D eigenvalue weighted by Crippen LogP contribution is 2.15. The van der Waals surface area contributed by atoms with Gasteiger partial charge in [0, 0.05) is 26.2 Å². The highest BCUT2D eigenvalue weighted by molar-refractivity contribution is 5.89. The highest BCUT2D eigenvalue weighted by atomic mass is 16.5. The molecule has 2 N–H and O–H groups in total. The van der Waals surface area contributed by atoms with Crippen LogP contribution in [0.4, 0.5) is 16.3 Å². The van der Waals surface area contributed by atoms with E-state index in [1.165, 1.54) is 5.56 Å². The van der Waals surface area contributed by atoms with Crippen molar-refractivity contribution in [1.29, 1.82) is 0 Å². The Kier molecular flexibility index (Phi) is 6.62. The number of rotatable bonds is 6. The Hall–Kier alpha value is -2.64. The lowest BCUT2D eigenvalue weighted by molar-refractivity contribution is 0.122. The molecule has 1 fully saturated rings. The van der Waals surface area contributed by atoms with Crippen molar-refractivity contribution in [2.75, 3.05) is 50.6 Å². The van der Waals surface area contributed by atoms with E-state index in [0.29, 0.717) is 12.2 Å². The average Bonchev–Trinajstić information content (AvgIpc) is 2.68. The van der Waals surface area contributed by atoms with Crippen LogP contribution < -0.4 is 15.5 Å². The first-order valence-electron chi connectivity index (χ1n) is 9.17. The summed E-state index contributed by atoms with van der Waals surface area (Å²) in [6.45, 7) is 4.44. The molecule has 0 unspecified atom stereocenters. The lowest BCUT2D eigenvalue weighted by Gasteiger charge is -2.27. The van der Waals surface area contributed by atoms with E-state index in [0.717, 1.165) is 44.2 Å². The first-order valence-corrected chi connectivity index (χ1v) is 9.17. The molecule has 0 radical (unpaired) electrons. The third-order valence-electron chi connectivity index (χ3n) is 4.39. The Morgan fingerprint density at radius 1 is 1.15 bits per heavy atom. The number of urea groups is 1. The Morgan fingerprint density at radius 3 is 2.56 bits per heavy atom. The number of ether oxygens (including phenoxy) is 1. The van der Waals surface area contributed by atoms with Gasteiger partial charge in [0.15, 0.2) is 0 Å². The second-order valence-electron chi connectivity index (χ2n) is 6.82. The van der Waals surface area contributed by atoms with Crippen LogP contribution in [0.5, 0.6) is 0 Å². The number of hydrogen-bond donors (Lipinski definition) is 2. The SMILES string of the molecule is CN(C)Cc1ccccc1CNC(=O)Nc1ccc(N2CCOCC2)nc1. The van der Waals surface area contributed by atoms with Gasteiger partial charge in [-0.2, -0.15) is 0 Å². The quantitative estimate of drug-likeness (QED) is 0.818. The zero-order chi connectivity index (χ0) is 19.1. The van der Waals surface area contributed by atoms with Gasteiger partial charge < -0.3 is 25.2 Å². The van der Waals surface area contributed by atoms with E-state index in [1.807, 2.05) is 44.4 Å². The van der Waals surface area contributed by atoms with E-state index < -0.39 is 0 Å². The summed E-state index contributed by atoms with van der Waals surface area (Å²) in [6.07, 6.45) is 1.68. The molecular formula is C20H27N5O2. The first kappa shape index (κ1) is 19.1. The lowest BCUT2D eigenvalue weighted by atomic mass is 10.1. The molecule has 2 heterocycles. The van der Waals surface area contributed by atoms with Crippen LogP contribution in [-0.4, -0.2) is 56.3 Å². The smallest absolute Gasteiger partial charge is 0.319 e. The summed E-state index contributed by atoms with van der Waals surface area (Å²) in [7, 11) is 4.06. The van der Waals surface area contributed by atoms with Crippen LogP contribution in [-0.2, 0) is 17.8 Å². The van der Waals surface area contributed by atoms with E-state index in [9.17, 15) is 4.79 Å². The first-order chi connectivity index (χ1) is 13.1. The van der Waals surface area contributed by atoms with E-state index in [2.05, 4.69) is 31.5 Å². The van der Waals surface area contributed by atoms with Gasteiger partial charge in [0.05, 0.1) is 25.1 Å². The van der Waals surface area contributed by atoms with Crippen LogP contribution in [0, 0.1) is 0 Å². The maximum absolute atomic E-state index is 12.2. The third-order valence-corrected chi connectivity index (χ3v) is 4.39. The van der Waals surface area contributed by atoms with Gasteiger partial charge >= 0.3 is 6.03 Å². The summed E-state index contributed by atoms with van der Waals surface area (Å²) in [4.78, 5) is 20.9. The van der Waals surface area contributed by atoms with Gasteiger partial charge in [-0.15, -0.1) is 0 Å². The Bertz CT molecular complexity index is 742. The summed E-state index contributed by atoms with van der Waals surface area (Å²) in [6, 6.07) is 11.7. The van der Waals surface area contributed by atoms with Crippen molar-refractivity contribution in [2.24, 2.45) is 0 Å². The van der Waals surface area contributed by atoms with Crippen LogP contribution in [0.3, 0.4) is 0 Å². The van der Waals surface area contributed by atoms with Crippen molar-refractivity contribution in [2.45, 2.75) is 13.1 Å². The van der Waals surface area contributed by atoms with Gasteiger partial charge in [-0.25, -0.2) is 9.78 Å². The van der Waals surface area contributed by atoms with Crippen LogP contribution in [0.1, 0.15) is 11.1 Å². The second kappa shape index (κ2) is 9.34. The van der Waals surface area contributed by atoms with Crippen molar-refractivity contribution >= 4 is 17.5 Å². The van der Waals surface area contributed by atoms with Gasteiger partial charge in [-0.05, 0) is 37.4 Å². The molecule has 1 aromatic carbocycles. The average molecular weight is 369 g/mol. The topological polar surface area (TPSA) is 69.7 Å². The number of carbonyl (C=O) groups excluding carboxylic acids is 1. The van der Waals surface area contributed by atoms with Crippen LogP contribution in [0.25, 0.3) is 0 Å². The normalized spacial score (nSPS) is 14.3. The molecule has 3 rings (SSSR count). The predicted molar refractivity (Wildman–Crippen MR) is 107 cm³/mol. The second-order valence-corrected chi connectivity index (χ2v) is 6.82. The molecule has 0 aliphatic carbocycles. The molecule has 1 aliphatic rings. The molecule has 7 heteroatoms. The lowest BCUT2D eigenvalue weighted by Crippen LogP contribution is -2.36. The summed E-state index contributed by atoms with van der Waals surface area (Å²) in [5, 5.41) is 5.75. The molecule has 7 nitrogen and oxygen atoms in total. The summed E-state index contributed by atoms with van der Waals surface area (Å²) >= 11 is 0. The summed E-state index contributed by atoms with van der Waals surface area (Å²) in [5.74, 6) is 0.905. The number of benzene rings is 1. The van der Waals surface area contributed by atoms with Crippen molar-refractivity contribution < 1.29 is 9.53 Å². The molecule has 0 atom stereocenters. The number of nitrogens with zero attached hydrogens (tertiary/aromatic N) is 3. The number of morpholine rings is 1. The molecular weight excluding hydrogens is 342 g/mol. The monoisotopic (exact) mass is 369 g/mol. The zero-order valence-corrected chi connectivity index (χ0v) is 15.9. The Morgan fingerprint density at radius 2 is 1.89 bits per heavy atom. The maximum atomic E-state index is 12.2. The van der Waals surface area contributed by atoms with E-state index >= 15 is 0 Å². The minimum absolute atomic E-state index is 0.240. The zero-order valence-electron chi connectivity index (χ0n) is 15.9. The standard InChI is InChI=1S/C20H27N5O2/c1-24(2)15-17-6-4-3-5-16(17)13-22-20(26)23-18-7-8-19(21-14-18)25-9-11-27-12-10-25/h3-8,14H,9-13,15H2,1-2H3,(H2,22,23,26). The van der Waals surface area contributed by atoms with Gasteiger partial charge in [-0.3, -0.25) is 0 Å². The minimum atomic E-state index is -0.240. The highest BCUT2D eigenvalue weighted by Gasteiger charge is 2.12. The molecule has 1 aromatic heterocycles. The van der Waals surface area contributed by atoms with Gasteiger partial charge in [-0.1, -0.05) is 24.3 Å². The molecule has 144 valence electrons. The van der Waals surface area contributed by atoms with Crippen molar-refractivity contribution in [3.8, 4) is 0 Å². The van der Waals surface area contributed by atoms with E-state index in [-0.39, 0.29) is 6.03 Å². The molecule has 0 saturated carbocycles. The number of hydrogen-bond acceptors (Lipinski definition) is 5. The van der Waals surface area contributed by atoms with Gasteiger partial charge in [0.2, 0.25) is 0 Å². The van der Waals surface area contributed by atoms with Crippen LogP contribution in [0.15, 0.2) is 42.6 Å². The number of aromatic nitrogens is 1. The van der Waals surface area contributed by atoms with Crippen LogP contribution >= 0.6 is 0 Å². The molecule has 2 amide bonds. The summed E-state index contributed by atoms with van der Waals surface area (Å²) in [5.41, 5.74) is 2.99. The van der Waals surface area contributed by atoms with Crippen molar-refractivity contribution in [1.82, 2.24) is 15.2 Å². The number of pyridine rings is 1. The Labute approximate surface area is 160 Å². The van der Waals surface area contributed by atoms with E-state index in [4.69, 9.17) is 4.74 Å². The molecule has 27 heavy (non-hydrogen) atoms. The van der Waals surface area contributed by atoms with Gasteiger partial charge in [0.25, 0.3) is 0 Å². The van der Waals surface area contributed by atoms with E-state index in [1.54, 1.807) is 6.20 Å². The molecule has 1 saturated heterocycles. The number of carbonyl (C=O) groups is 1. The fourth-order valence-corrected chi connectivity index (χ4v) is 3.02. The molecule has 1 aliphatic heterocycles. The largest absolute Gasteiger partial charge is 0.378 e. The summed E-state index contributed by atoms with van der Waals surface area (Å²) < 4.78 is 5.35. The number of amides is 2. The van der Waals surface area contributed by atoms with Crippen LogP contribution in [0.2, 0.25) is 0 Å². The maximum Gasteiger partial charge on any atom is 0.319 e. The van der Waals surface area contributed by atoms with Gasteiger partial charge in [0.1, 0.15) is 5.82 Å². The predicted octanol–water partition coefficient (Wildman–Crippen LogP) is 2.30. The van der Waals surface area contributed by atoms with Crippen molar-refractivity contribution in [3.05, 3.63) is 53.7 Å². The number of nitrogens with one attached hydrogen (secondary N) is 2. The fraction of sp³-hybridized carbons (Fsp3) is 0.400. The fourth-order valence-electron chi connectivity index (χ4n) is 3.02. The molecule has 2 aromatic rings. The molecule has 0 spiro atoms. The molecule has 0 bridgehead atoms.